The molecule has 0 aliphatic rings. The van der Waals surface area contributed by atoms with Crippen LogP contribution < -0.4 is 5.32 Å². The van der Waals surface area contributed by atoms with Gasteiger partial charge in [0.15, 0.2) is 6.04 Å². The SMILES string of the molecule is CCN(C(=O)NC(C(=O)O)C(C)O)C(C)C. The number of hydrogen-bond acceptors (Lipinski definition) is 3. The maximum atomic E-state index is 11.7. The molecular formula is C10H20N2O4. The molecule has 0 saturated heterocycles. The Kier molecular flexibility index (Phi) is 5.81. The van der Waals surface area contributed by atoms with Crippen LogP contribution in [0.3, 0.4) is 0 Å². The van der Waals surface area contributed by atoms with Crippen molar-refractivity contribution in [2.24, 2.45) is 0 Å². The Labute approximate surface area is 95.2 Å². The zero-order chi connectivity index (χ0) is 12.9. The topological polar surface area (TPSA) is 89.9 Å². The van der Waals surface area contributed by atoms with Gasteiger partial charge in [-0.2, -0.15) is 0 Å². The molecule has 0 radical (unpaired) electrons. The number of nitrogens with zero attached hydrogens (tertiary/aromatic N) is 1. The molecule has 0 fully saturated rings. The number of nitrogens with one attached hydrogen (secondary N) is 1. The minimum atomic E-state index is -1.28. The molecule has 0 aromatic rings. The van der Waals surface area contributed by atoms with Gasteiger partial charge >= 0.3 is 12.0 Å². The lowest BCUT2D eigenvalue weighted by Gasteiger charge is -2.27. The van der Waals surface area contributed by atoms with E-state index in [0.717, 1.165) is 0 Å². The summed E-state index contributed by atoms with van der Waals surface area (Å²) in [5, 5.41) is 20.3. The van der Waals surface area contributed by atoms with Gasteiger partial charge in [0.1, 0.15) is 0 Å². The molecule has 6 nitrogen and oxygen atoms in total. The maximum absolute atomic E-state index is 11.7. The van der Waals surface area contributed by atoms with Crippen LogP contribution in [0, 0.1) is 0 Å². The third-order valence-corrected chi connectivity index (χ3v) is 2.25. The van der Waals surface area contributed by atoms with Gasteiger partial charge in [0, 0.05) is 12.6 Å². The number of carbonyl (C=O) groups is 2. The summed E-state index contributed by atoms with van der Waals surface area (Å²) in [5.41, 5.74) is 0. The summed E-state index contributed by atoms with van der Waals surface area (Å²) in [4.78, 5) is 23.9. The van der Waals surface area contributed by atoms with Crippen molar-refractivity contribution in [1.29, 1.82) is 0 Å². The molecule has 0 aromatic heterocycles. The molecule has 0 aliphatic carbocycles. The largest absolute Gasteiger partial charge is 0.480 e. The molecule has 0 saturated carbocycles. The summed E-state index contributed by atoms with van der Waals surface area (Å²) in [7, 11) is 0. The second-order valence-electron chi connectivity index (χ2n) is 3.89. The van der Waals surface area contributed by atoms with E-state index in [2.05, 4.69) is 5.32 Å². The van der Waals surface area contributed by atoms with Crippen molar-refractivity contribution in [3.8, 4) is 0 Å². The number of rotatable bonds is 5. The standard InChI is InChI=1S/C10H20N2O4/c1-5-12(6(2)3)10(16)11-8(7(4)13)9(14)15/h6-8,13H,5H2,1-4H3,(H,11,16)(H,14,15). The number of aliphatic carboxylic acids is 1. The van der Waals surface area contributed by atoms with Crippen LogP contribution >= 0.6 is 0 Å². The molecule has 16 heavy (non-hydrogen) atoms. The fourth-order valence-corrected chi connectivity index (χ4v) is 1.35. The minimum absolute atomic E-state index is 0.0200. The Bertz CT molecular complexity index is 253. The first-order chi connectivity index (χ1) is 7.31. The van der Waals surface area contributed by atoms with Crippen LogP contribution in [0.25, 0.3) is 0 Å². The third-order valence-electron chi connectivity index (χ3n) is 2.25. The van der Waals surface area contributed by atoms with Gasteiger partial charge in [0.25, 0.3) is 0 Å². The van der Waals surface area contributed by atoms with Crippen LogP contribution in [0.4, 0.5) is 4.79 Å². The van der Waals surface area contributed by atoms with Crippen molar-refractivity contribution in [2.75, 3.05) is 6.54 Å². The lowest BCUT2D eigenvalue weighted by atomic mass is 10.2. The Balaban J connectivity index is 4.56. The van der Waals surface area contributed by atoms with Crippen LogP contribution in [0.1, 0.15) is 27.7 Å². The van der Waals surface area contributed by atoms with Crippen LogP contribution in [0.2, 0.25) is 0 Å². The molecule has 2 amide bonds. The summed E-state index contributed by atoms with van der Waals surface area (Å²) in [5.74, 6) is -1.25. The molecular weight excluding hydrogens is 212 g/mol. The van der Waals surface area contributed by atoms with Gasteiger partial charge < -0.3 is 20.4 Å². The van der Waals surface area contributed by atoms with Crippen LogP contribution in [0.15, 0.2) is 0 Å². The quantitative estimate of drug-likeness (QED) is 0.634. The van der Waals surface area contributed by atoms with E-state index in [1.807, 2.05) is 13.8 Å². The number of amides is 2. The van der Waals surface area contributed by atoms with E-state index in [1.165, 1.54) is 11.8 Å². The lowest BCUT2D eigenvalue weighted by Crippen LogP contribution is -2.53. The van der Waals surface area contributed by atoms with E-state index in [4.69, 9.17) is 5.11 Å². The molecule has 6 heteroatoms. The normalized spacial score (nSPS) is 14.4. The predicted octanol–water partition coefficient (Wildman–Crippen LogP) is 0.260. The first-order valence-electron chi connectivity index (χ1n) is 5.29. The van der Waals surface area contributed by atoms with Crippen molar-refractivity contribution in [3.63, 3.8) is 0 Å². The highest BCUT2D eigenvalue weighted by Crippen LogP contribution is 2.01. The first kappa shape index (κ1) is 14.7. The number of urea groups is 1. The number of carbonyl (C=O) groups excluding carboxylic acids is 1. The zero-order valence-corrected chi connectivity index (χ0v) is 10.1. The van der Waals surface area contributed by atoms with Gasteiger partial charge in [-0.3, -0.25) is 0 Å². The summed E-state index contributed by atoms with van der Waals surface area (Å²) in [6.45, 7) is 7.28. The van der Waals surface area contributed by atoms with Gasteiger partial charge in [-0.25, -0.2) is 9.59 Å². The Morgan fingerprint density at radius 3 is 2.06 bits per heavy atom. The predicted molar refractivity (Wildman–Crippen MR) is 59.2 cm³/mol. The number of carboxylic acids is 1. The molecule has 0 rings (SSSR count). The van der Waals surface area contributed by atoms with Gasteiger partial charge in [-0.15, -0.1) is 0 Å². The summed E-state index contributed by atoms with van der Waals surface area (Å²) in [6, 6.07) is -1.78. The zero-order valence-electron chi connectivity index (χ0n) is 10.1. The molecule has 3 N–H and O–H groups in total. The second kappa shape index (κ2) is 6.32. The molecule has 2 atom stereocenters. The Hall–Kier alpha value is -1.30. The van der Waals surface area contributed by atoms with Gasteiger partial charge in [-0.05, 0) is 27.7 Å². The lowest BCUT2D eigenvalue weighted by molar-refractivity contribution is -0.141. The van der Waals surface area contributed by atoms with E-state index in [9.17, 15) is 14.7 Å². The number of carboxylic acid groups (broad SMARTS) is 1. The minimum Gasteiger partial charge on any atom is -0.480 e. The number of aliphatic hydroxyl groups excluding tert-OH is 1. The van der Waals surface area contributed by atoms with Crippen molar-refractivity contribution < 1.29 is 19.8 Å². The highest BCUT2D eigenvalue weighted by molar-refractivity contribution is 5.83. The van der Waals surface area contributed by atoms with Crippen molar-refractivity contribution in [3.05, 3.63) is 0 Å². The Morgan fingerprint density at radius 2 is 1.81 bits per heavy atom. The van der Waals surface area contributed by atoms with E-state index in [-0.39, 0.29) is 6.04 Å². The van der Waals surface area contributed by atoms with Crippen molar-refractivity contribution in [2.45, 2.75) is 45.9 Å². The fraction of sp³-hybridized carbons (Fsp3) is 0.800. The van der Waals surface area contributed by atoms with Crippen molar-refractivity contribution >= 4 is 12.0 Å². The number of hydrogen-bond donors (Lipinski definition) is 3. The van der Waals surface area contributed by atoms with E-state index >= 15 is 0 Å². The molecule has 0 bridgehead atoms. The summed E-state index contributed by atoms with van der Waals surface area (Å²) >= 11 is 0. The van der Waals surface area contributed by atoms with Crippen LogP contribution in [0.5, 0.6) is 0 Å². The van der Waals surface area contributed by atoms with E-state index < -0.39 is 24.1 Å². The van der Waals surface area contributed by atoms with E-state index in [1.54, 1.807) is 6.92 Å². The summed E-state index contributed by atoms with van der Waals surface area (Å²) in [6.07, 6.45) is -1.13. The maximum Gasteiger partial charge on any atom is 0.328 e. The van der Waals surface area contributed by atoms with Gasteiger partial charge in [0.05, 0.1) is 6.10 Å². The average molecular weight is 232 g/mol. The fourth-order valence-electron chi connectivity index (χ4n) is 1.35. The third kappa shape index (κ3) is 4.06. The molecule has 0 heterocycles. The Morgan fingerprint density at radius 1 is 1.31 bits per heavy atom. The van der Waals surface area contributed by atoms with E-state index in [0.29, 0.717) is 6.54 Å². The van der Waals surface area contributed by atoms with Crippen LogP contribution in [-0.4, -0.2) is 51.8 Å². The van der Waals surface area contributed by atoms with Crippen LogP contribution in [-0.2, 0) is 4.79 Å². The molecule has 0 spiro atoms. The highest BCUT2D eigenvalue weighted by atomic mass is 16.4. The summed E-state index contributed by atoms with van der Waals surface area (Å²) < 4.78 is 0. The molecule has 0 aromatic carbocycles. The second-order valence-corrected chi connectivity index (χ2v) is 3.89. The average Bonchev–Trinajstić information content (AvgIpc) is 2.13. The van der Waals surface area contributed by atoms with Gasteiger partial charge in [-0.1, -0.05) is 0 Å². The molecule has 0 aliphatic heterocycles. The first-order valence-corrected chi connectivity index (χ1v) is 5.29. The molecule has 2 unspecified atom stereocenters. The number of aliphatic hydroxyl groups is 1. The monoisotopic (exact) mass is 232 g/mol. The van der Waals surface area contributed by atoms with Crippen molar-refractivity contribution in [1.82, 2.24) is 10.2 Å². The highest BCUT2D eigenvalue weighted by Gasteiger charge is 2.27. The van der Waals surface area contributed by atoms with Gasteiger partial charge in [0.2, 0.25) is 0 Å². The smallest absolute Gasteiger partial charge is 0.328 e. The molecule has 94 valence electrons.